The first-order valence-corrected chi connectivity index (χ1v) is 7.94. The average molecular weight is 346 g/mol. The van der Waals surface area contributed by atoms with Gasteiger partial charge >= 0.3 is 0 Å². The molecule has 0 bridgehead atoms. The quantitative estimate of drug-likeness (QED) is 0.306. The van der Waals surface area contributed by atoms with Gasteiger partial charge in [0.2, 0.25) is 0 Å². The number of nitro benzene ring substituents is 1. The van der Waals surface area contributed by atoms with Crippen molar-refractivity contribution in [3.8, 4) is 0 Å². The number of rotatable bonds is 7. The van der Waals surface area contributed by atoms with Crippen molar-refractivity contribution >= 4 is 11.6 Å². The molecular formula is C17H22N4O4. The molecule has 1 aromatic heterocycles. The molecule has 1 unspecified atom stereocenters. The summed E-state index contributed by atoms with van der Waals surface area (Å²) in [7, 11) is 0. The molecule has 0 saturated carbocycles. The second-order valence-electron chi connectivity index (χ2n) is 5.72. The van der Waals surface area contributed by atoms with Gasteiger partial charge in [0.1, 0.15) is 11.4 Å². The van der Waals surface area contributed by atoms with Gasteiger partial charge in [0.15, 0.2) is 5.96 Å². The highest BCUT2D eigenvalue weighted by Gasteiger charge is 2.26. The van der Waals surface area contributed by atoms with Crippen molar-refractivity contribution in [3.63, 3.8) is 0 Å². The van der Waals surface area contributed by atoms with Crippen LogP contribution in [0.1, 0.15) is 25.2 Å². The maximum Gasteiger partial charge on any atom is 0.269 e. The lowest BCUT2D eigenvalue weighted by atomic mass is 10.0. The van der Waals surface area contributed by atoms with Crippen LogP contribution in [0.4, 0.5) is 5.69 Å². The van der Waals surface area contributed by atoms with E-state index < -0.39 is 10.5 Å². The fraction of sp³-hybridized carbons (Fsp3) is 0.353. The fourth-order valence-electron chi connectivity index (χ4n) is 2.16. The SMILES string of the molecule is CCNC(=NCc1ccc([N+](=O)[O-])cc1)NCC(C)(O)c1ccco1. The van der Waals surface area contributed by atoms with Crippen LogP contribution < -0.4 is 10.6 Å². The number of furan rings is 1. The van der Waals surface area contributed by atoms with Crippen LogP contribution in [0.25, 0.3) is 0 Å². The number of guanidine groups is 1. The summed E-state index contributed by atoms with van der Waals surface area (Å²) in [5.41, 5.74) is -0.277. The van der Waals surface area contributed by atoms with Gasteiger partial charge in [-0.05, 0) is 31.5 Å². The Hall–Kier alpha value is -2.87. The van der Waals surface area contributed by atoms with Gasteiger partial charge in [-0.25, -0.2) is 4.99 Å². The summed E-state index contributed by atoms with van der Waals surface area (Å²) in [6.07, 6.45) is 1.51. The first kappa shape index (κ1) is 18.5. The smallest absolute Gasteiger partial charge is 0.269 e. The summed E-state index contributed by atoms with van der Waals surface area (Å²) in [5, 5.41) is 27.3. The average Bonchev–Trinajstić information content (AvgIpc) is 3.13. The highest BCUT2D eigenvalue weighted by molar-refractivity contribution is 5.79. The van der Waals surface area contributed by atoms with E-state index in [4.69, 9.17) is 4.42 Å². The molecule has 0 spiro atoms. The maximum absolute atomic E-state index is 10.7. The van der Waals surface area contributed by atoms with E-state index in [9.17, 15) is 15.2 Å². The second-order valence-corrected chi connectivity index (χ2v) is 5.72. The lowest BCUT2D eigenvalue weighted by molar-refractivity contribution is -0.384. The number of hydrogen-bond acceptors (Lipinski definition) is 5. The van der Waals surface area contributed by atoms with Gasteiger partial charge in [-0.2, -0.15) is 0 Å². The summed E-state index contributed by atoms with van der Waals surface area (Å²) in [6.45, 7) is 4.82. The van der Waals surface area contributed by atoms with Gasteiger partial charge in [-0.15, -0.1) is 0 Å². The van der Waals surface area contributed by atoms with Gasteiger partial charge in [-0.3, -0.25) is 10.1 Å². The standard InChI is InChI=1S/C17H22N4O4/c1-3-18-16(20-12-17(2,22)15-5-4-10-25-15)19-11-13-6-8-14(9-7-13)21(23)24/h4-10,22H,3,11-12H2,1-2H3,(H2,18,19,20). The number of aliphatic hydroxyl groups is 1. The molecule has 8 heteroatoms. The third-order valence-corrected chi connectivity index (χ3v) is 3.56. The molecule has 0 radical (unpaired) electrons. The normalized spacial score (nSPS) is 14.0. The lowest BCUT2D eigenvalue weighted by Gasteiger charge is -2.22. The molecule has 3 N–H and O–H groups in total. The monoisotopic (exact) mass is 346 g/mol. The number of nitrogens with zero attached hydrogens (tertiary/aromatic N) is 2. The van der Waals surface area contributed by atoms with E-state index in [1.165, 1.54) is 18.4 Å². The fourth-order valence-corrected chi connectivity index (χ4v) is 2.16. The van der Waals surface area contributed by atoms with Gasteiger partial charge in [0.25, 0.3) is 5.69 Å². The van der Waals surface area contributed by atoms with Crippen molar-refractivity contribution in [1.82, 2.24) is 10.6 Å². The molecule has 134 valence electrons. The Kier molecular flexibility index (Phi) is 6.13. The minimum Gasteiger partial charge on any atom is -0.466 e. The Labute approximate surface area is 145 Å². The van der Waals surface area contributed by atoms with E-state index in [0.717, 1.165) is 5.56 Å². The minimum absolute atomic E-state index is 0.0484. The predicted molar refractivity (Wildman–Crippen MR) is 94.2 cm³/mol. The molecule has 0 aliphatic carbocycles. The zero-order valence-corrected chi connectivity index (χ0v) is 14.2. The largest absolute Gasteiger partial charge is 0.466 e. The predicted octanol–water partition coefficient (Wildman–Crippen LogP) is 2.15. The number of non-ortho nitro benzene ring substituents is 1. The molecule has 0 fully saturated rings. The molecular weight excluding hydrogens is 324 g/mol. The van der Waals surface area contributed by atoms with Crippen LogP contribution in [0.15, 0.2) is 52.1 Å². The van der Waals surface area contributed by atoms with Crippen LogP contribution in [0.2, 0.25) is 0 Å². The summed E-state index contributed by atoms with van der Waals surface area (Å²) in [4.78, 5) is 14.7. The molecule has 1 heterocycles. The van der Waals surface area contributed by atoms with Crippen molar-refractivity contribution < 1.29 is 14.4 Å². The molecule has 1 atom stereocenters. The van der Waals surface area contributed by atoms with Crippen molar-refractivity contribution in [2.24, 2.45) is 4.99 Å². The summed E-state index contributed by atoms with van der Waals surface area (Å²) in [5.74, 6) is 0.999. The summed E-state index contributed by atoms with van der Waals surface area (Å²) in [6, 6.07) is 9.68. The summed E-state index contributed by atoms with van der Waals surface area (Å²) >= 11 is 0. The van der Waals surface area contributed by atoms with E-state index >= 15 is 0 Å². The van der Waals surface area contributed by atoms with E-state index in [-0.39, 0.29) is 12.2 Å². The Bertz CT molecular complexity index is 709. The van der Waals surface area contributed by atoms with E-state index in [2.05, 4.69) is 15.6 Å². The number of hydrogen-bond donors (Lipinski definition) is 3. The Morgan fingerprint density at radius 3 is 2.60 bits per heavy atom. The zero-order valence-electron chi connectivity index (χ0n) is 14.2. The molecule has 1 aromatic carbocycles. The molecule has 25 heavy (non-hydrogen) atoms. The number of nitrogens with one attached hydrogen (secondary N) is 2. The van der Waals surface area contributed by atoms with Crippen molar-refractivity contribution in [2.45, 2.75) is 26.0 Å². The van der Waals surface area contributed by atoms with Crippen LogP contribution in [0.3, 0.4) is 0 Å². The molecule has 8 nitrogen and oxygen atoms in total. The first-order chi connectivity index (χ1) is 11.9. The Morgan fingerprint density at radius 2 is 2.04 bits per heavy atom. The number of nitro groups is 1. The van der Waals surface area contributed by atoms with E-state index in [1.807, 2.05) is 6.92 Å². The van der Waals surface area contributed by atoms with Crippen molar-refractivity contribution in [2.75, 3.05) is 13.1 Å². The molecule has 2 rings (SSSR count). The van der Waals surface area contributed by atoms with Gasteiger partial charge in [0, 0.05) is 18.7 Å². The van der Waals surface area contributed by atoms with Gasteiger partial charge in [-0.1, -0.05) is 12.1 Å². The molecule has 0 aliphatic rings. The lowest BCUT2D eigenvalue weighted by Crippen LogP contribution is -2.44. The molecule has 2 aromatic rings. The minimum atomic E-state index is -1.17. The van der Waals surface area contributed by atoms with Crippen LogP contribution in [0, 0.1) is 10.1 Å². The highest BCUT2D eigenvalue weighted by Crippen LogP contribution is 2.19. The van der Waals surface area contributed by atoms with Crippen LogP contribution in [-0.4, -0.2) is 29.1 Å². The van der Waals surface area contributed by atoms with Crippen molar-refractivity contribution in [1.29, 1.82) is 0 Å². The van der Waals surface area contributed by atoms with Crippen LogP contribution >= 0.6 is 0 Å². The Morgan fingerprint density at radius 1 is 1.32 bits per heavy atom. The molecule has 0 saturated heterocycles. The van der Waals surface area contributed by atoms with Crippen LogP contribution in [0.5, 0.6) is 0 Å². The molecule has 0 aliphatic heterocycles. The zero-order chi connectivity index (χ0) is 18.3. The van der Waals surface area contributed by atoms with Crippen LogP contribution in [-0.2, 0) is 12.1 Å². The Balaban J connectivity index is 1.99. The van der Waals surface area contributed by atoms with Gasteiger partial charge in [0.05, 0.1) is 24.3 Å². The second kappa shape index (κ2) is 8.29. The first-order valence-electron chi connectivity index (χ1n) is 7.94. The molecule has 0 amide bonds. The van der Waals surface area contributed by atoms with Gasteiger partial charge < -0.3 is 20.2 Å². The number of benzene rings is 1. The van der Waals surface area contributed by atoms with Crippen molar-refractivity contribution in [3.05, 3.63) is 64.1 Å². The van der Waals surface area contributed by atoms with E-state index in [0.29, 0.717) is 24.8 Å². The highest BCUT2D eigenvalue weighted by atomic mass is 16.6. The van der Waals surface area contributed by atoms with E-state index in [1.54, 1.807) is 31.2 Å². The summed E-state index contributed by atoms with van der Waals surface area (Å²) < 4.78 is 5.25. The third kappa shape index (κ3) is 5.32. The topological polar surface area (TPSA) is 113 Å². The maximum atomic E-state index is 10.7. The third-order valence-electron chi connectivity index (χ3n) is 3.56. The number of aliphatic imine (C=N–C) groups is 1.